The quantitative estimate of drug-likeness (QED) is 0.909. The fourth-order valence-electron chi connectivity index (χ4n) is 3.16. The van der Waals surface area contributed by atoms with Crippen molar-refractivity contribution in [3.8, 4) is 0 Å². The van der Waals surface area contributed by atoms with E-state index in [9.17, 15) is 4.79 Å². The minimum absolute atomic E-state index is 0.199. The predicted octanol–water partition coefficient (Wildman–Crippen LogP) is 3.16. The van der Waals surface area contributed by atoms with Crippen molar-refractivity contribution >= 4 is 23.1 Å². The maximum absolute atomic E-state index is 12.1. The number of aromatic nitrogens is 3. The van der Waals surface area contributed by atoms with Gasteiger partial charge in [-0.25, -0.2) is 9.67 Å². The Labute approximate surface area is 152 Å². The van der Waals surface area contributed by atoms with Crippen LogP contribution < -0.4 is 10.9 Å². The number of aryl methyl sites for hydroxylation is 1. The average molecular weight is 362 g/mol. The number of nitrogens with one attached hydrogen (secondary N) is 1. The van der Waals surface area contributed by atoms with E-state index in [1.165, 1.54) is 16.3 Å². The molecule has 1 saturated heterocycles. The van der Waals surface area contributed by atoms with E-state index < -0.39 is 0 Å². The van der Waals surface area contributed by atoms with Gasteiger partial charge in [0.2, 0.25) is 0 Å². The van der Waals surface area contributed by atoms with Crippen molar-refractivity contribution < 1.29 is 0 Å². The van der Waals surface area contributed by atoms with E-state index in [0.29, 0.717) is 17.4 Å². The SMILES string of the molecule is Cn1nc(Cl)cc(Nc2ccc(C3CCN(C(C)(C)C)C3)cn2)c1=O. The van der Waals surface area contributed by atoms with Crippen LogP contribution in [-0.4, -0.2) is 38.3 Å². The average Bonchev–Trinajstić information content (AvgIpc) is 3.03. The normalized spacial score (nSPS) is 18.5. The molecule has 0 spiro atoms. The molecule has 0 aliphatic carbocycles. The van der Waals surface area contributed by atoms with Crippen molar-refractivity contribution in [1.82, 2.24) is 19.7 Å². The van der Waals surface area contributed by atoms with Crippen LogP contribution in [0.3, 0.4) is 0 Å². The van der Waals surface area contributed by atoms with Gasteiger partial charge in [0.25, 0.3) is 5.56 Å². The maximum Gasteiger partial charge on any atom is 0.290 e. The molecule has 1 aliphatic heterocycles. The molecule has 2 aromatic heterocycles. The van der Waals surface area contributed by atoms with Crippen molar-refractivity contribution in [3.63, 3.8) is 0 Å². The Balaban J connectivity index is 1.73. The molecule has 1 fully saturated rings. The molecule has 3 rings (SSSR count). The van der Waals surface area contributed by atoms with Crippen molar-refractivity contribution in [1.29, 1.82) is 0 Å². The summed E-state index contributed by atoms with van der Waals surface area (Å²) in [5, 5.41) is 7.16. The van der Waals surface area contributed by atoms with Gasteiger partial charge in [-0.05, 0) is 51.3 Å². The van der Waals surface area contributed by atoms with Crippen molar-refractivity contribution in [3.05, 3.63) is 45.5 Å². The van der Waals surface area contributed by atoms with Crippen molar-refractivity contribution in [2.75, 3.05) is 18.4 Å². The van der Waals surface area contributed by atoms with Crippen molar-refractivity contribution in [2.24, 2.45) is 7.05 Å². The lowest BCUT2D eigenvalue weighted by molar-refractivity contribution is 0.173. The van der Waals surface area contributed by atoms with Crippen LogP contribution in [0.2, 0.25) is 5.15 Å². The fraction of sp³-hybridized carbons (Fsp3) is 0.500. The molecule has 3 heterocycles. The highest BCUT2D eigenvalue weighted by molar-refractivity contribution is 6.29. The Hall–Kier alpha value is -1.92. The molecule has 2 aromatic rings. The van der Waals surface area contributed by atoms with E-state index in [4.69, 9.17) is 11.6 Å². The third-order valence-corrected chi connectivity index (χ3v) is 4.88. The summed E-state index contributed by atoms with van der Waals surface area (Å²) in [5.74, 6) is 1.12. The highest BCUT2D eigenvalue weighted by Crippen LogP contribution is 2.31. The summed E-state index contributed by atoms with van der Waals surface area (Å²) < 4.78 is 1.21. The van der Waals surface area contributed by atoms with Crippen LogP contribution in [0.25, 0.3) is 0 Å². The molecule has 7 heteroatoms. The molecule has 0 saturated carbocycles. The largest absolute Gasteiger partial charge is 0.336 e. The summed E-state index contributed by atoms with van der Waals surface area (Å²) in [6, 6.07) is 5.50. The molecule has 1 aliphatic rings. The summed E-state index contributed by atoms with van der Waals surface area (Å²) in [7, 11) is 1.57. The molecule has 1 unspecified atom stereocenters. The lowest BCUT2D eigenvalue weighted by atomic mass is 10.00. The monoisotopic (exact) mass is 361 g/mol. The second-order valence-corrected chi connectivity index (χ2v) is 7.90. The van der Waals surface area contributed by atoms with Crippen LogP contribution in [-0.2, 0) is 7.05 Å². The highest BCUT2D eigenvalue weighted by atomic mass is 35.5. The third kappa shape index (κ3) is 4.02. The van der Waals surface area contributed by atoms with Gasteiger partial charge in [0.1, 0.15) is 11.5 Å². The first-order valence-corrected chi connectivity index (χ1v) is 8.84. The molecule has 0 bridgehead atoms. The minimum atomic E-state index is -0.244. The third-order valence-electron chi connectivity index (χ3n) is 4.69. The molecule has 0 radical (unpaired) electrons. The number of anilines is 2. The van der Waals surface area contributed by atoms with Crippen LogP contribution in [0.4, 0.5) is 11.5 Å². The molecule has 1 N–H and O–H groups in total. The number of hydrogen-bond donors (Lipinski definition) is 1. The first-order valence-electron chi connectivity index (χ1n) is 8.46. The molecule has 0 aromatic carbocycles. The lowest BCUT2D eigenvalue weighted by Gasteiger charge is -2.31. The summed E-state index contributed by atoms with van der Waals surface area (Å²) in [4.78, 5) is 19.0. The van der Waals surface area contributed by atoms with E-state index in [2.05, 4.69) is 47.1 Å². The second-order valence-electron chi connectivity index (χ2n) is 7.51. The smallest absolute Gasteiger partial charge is 0.290 e. The molecule has 25 heavy (non-hydrogen) atoms. The molecule has 6 nitrogen and oxygen atoms in total. The van der Waals surface area contributed by atoms with Gasteiger partial charge in [0, 0.05) is 31.4 Å². The Morgan fingerprint density at radius 3 is 2.68 bits per heavy atom. The zero-order valence-corrected chi connectivity index (χ0v) is 15.8. The van der Waals surface area contributed by atoms with Crippen molar-refractivity contribution in [2.45, 2.75) is 38.6 Å². The van der Waals surface area contributed by atoms with E-state index >= 15 is 0 Å². The van der Waals surface area contributed by atoms with Gasteiger partial charge < -0.3 is 5.32 Å². The first-order chi connectivity index (χ1) is 11.7. The molecular weight excluding hydrogens is 338 g/mol. The Kier molecular flexibility index (Phi) is 4.84. The molecule has 0 amide bonds. The van der Waals surface area contributed by atoms with Gasteiger partial charge in [-0.3, -0.25) is 9.69 Å². The maximum atomic E-state index is 12.1. The molecule has 1 atom stereocenters. The van der Waals surface area contributed by atoms with Crippen LogP contribution in [0, 0.1) is 0 Å². The van der Waals surface area contributed by atoms with E-state index in [-0.39, 0.29) is 16.3 Å². The summed E-state index contributed by atoms with van der Waals surface area (Å²) in [6.07, 6.45) is 3.04. The lowest BCUT2D eigenvalue weighted by Crippen LogP contribution is -2.39. The number of pyridine rings is 1. The number of likely N-dealkylation sites (tertiary alicyclic amines) is 1. The van der Waals surface area contributed by atoms with E-state index in [1.807, 2.05) is 12.3 Å². The van der Waals surface area contributed by atoms with Gasteiger partial charge >= 0.3 is 0 Å². The van der Waals surface area contributed by atoms with Crippen LogP contribution in [0.1, 0.15) is 38.7 Å². The topological polar surface area (TPSA) is 63.1 Å². The van der Waals surface area contributed by atoms with E-state index in [0.717, 1.165) is 19.5 Å². The summed E-state index contributed by atoms with van der Waals surface area (Å²) in [5.41, 5.74) is 1.55. The highest BCUT2D eigenvalue weighted by Gasteiger charge is 2.30. The van der Waals surface area contributed by atoms with Crippen LogP contribution >= 0.6 is 11.6 Å². The van der Waals surface area contributed by atoms with Gasteiger partial charge in [-0.2, -0.15) is 5.10 Å². The number of halogens is 1. The molecular formula is C18H24ClN5O. The van der Waals surface area contributed by atoms with Gasteiger partial charge in [0.05, 0.1) is 0 Å². The first kappa shape index (κ1) is 17.9. The standard InChI is InChI=1S/C18H24ClN5O/c1-18(2,3)24-8-7-13(11-24)12-5-6-16(20-10-12)21-14-9-15(19)22-23(4)17(14)25/h5-6,9-10,13H,7-8,11H2,1-4H3,(H,20,21). The van der Waals surface area contributed by atoms with Crippen LogP contribution in [0.5, 0.6) is 0 Å². The summed E-state index contributed by atoms with van der Waals surface area (Å²) >= 11 is 5.91. The van der Waals surface area contributed by atoms with E-state index in [1.54, 1.807) is 7.05 Å². The van der Waals surface area contributed by atoms with Gasteiger partial charge in [-0.15, -0.1) is 0 Å². The second kappa shape index (κ2) is 6.77. The van der Waals surface area contributed by atoms with Gasteiger partial charge in [0.15, 0.2) is 5.15 Å². The number of hydrogen-bond acceptors (Lipinski definition) is 5. The van der Waals surface area contributed by atoms with Crippen LogP contribution in [0.15, 0.2) is 29.2 Å². The Morgan fingerprint density at radius 1 is 1.32 bits per heavy atom. The van der Waals surface area contributed by atoms with Gasteiger partial charge in [-0.1, -0.05) is 17.7 Å². The predicted molar refractivity (Wildman–Crippen MR) is 101 cm³/mol. The minimum Gasteiger partial charge on any atom is -0.336 e. The number of rotatable bonds is 3. The zero-order chi connectivity index (χ0) is 18.2. The molecule has 134 valence electrons. The Bertz CT molecular complexity index is 810. The Morgan fingerprint density at radius 2 is 2.08 bits per heavy atom. The number of nitrogens with zero attached hydrogens (tertiary/aromatic N) is 4. The summed E-state index contributed by atoms with van der Waals surface area (Å²) in [6.45, 7) is 8.92. The fourth-order valence-corrected chi connectivity index (χ4v) is 3.39. The zero-order valence-electron chi connectivity index (χ0n) is 15.1.